The van der Waals surface area contributed by atoms with Crippen LogP contribution >= 0.6 is 0 Å². The fourth-order valence-electron chi connectivity index (χ4n) is 11.3. The van der Waals surface area contributed by atoms with E-state index < -0.39 is 63.7 Å². The Labute approximate surface area is 310 Å². The maximum atomic E-state index is 14.7. The Balaban J connectivity index is 1.27. The molecule has 2 N–H and O–H groups in total. The highest BCUT2D eigenvalue weighted by Gasteiger charge is 2.74. The molecule has 6 aliphatic rings. The van der Waals surface area contributed by atoms with E-state index in [0.29, 0.717) is 49.7 Å². The van der Waals surface area contributed by atoms with Crippen molar-refractivity contribution < 1.29 is 55.6 Å². The van der Waals surface area contributed by atoms with E-state index in [1.54, 1.807) is 6.92 Å². The largest absolute Gasteiger partial charge is 0.573 e. The highest BCUT2D eigenvalue weighted by molar-refractivity contribution is 6.10. The molecule has 8 atom stereocenters. The summed E-state index contributed by atoms with van der Waals surface area (Å²) in [5.41, 5.74) is -4.55. The molecule has 292 valence electrons. The van der Waals surface area contributed by atoms with Gasteiger partial charge < -0.3 is 24.6 Å². The zero-order chi connectivity index (χ0) is 39.1. The number of ketones is 1. The number of nitrogens with zero attached hydrogens (tertiary/aromatic N) is 1. The van der Waals surface area contributed by atoms with Crippen LogP contribution in [0.2, 0.25) is 0 Å². The first-order valence-corrected chi connectivity index (χ1v) is 18.5. The molecule has 6 aliphatic carbocycles. The van der Waals surface area contributed by atoms with Gasteiger partial charge in [-0.25, -0.2) is 4.79 Å². The number of halogens is 6. The number of hydrogen-bond donors (Lipinski definition) is 2. The van der Waals surface area contributed by atoms with Crippen LogP contribution in [0.25, 0.3) is 0 Å². The fourth-order valence-corrected chi connectivity index (χ4v) is 11.3. The topological polar surface area (TPSA) is 96.3 Å². The molecule has 2 aromatic rings. The Bertz CT molecular complexity index is 1880. The first-order valence-electron chi connectivity index (χ1n) is 18.5. The lowest BCUT2D eigenvalue weighted by atomic mass is 9.32. The minimum atomic E-state index is -4.87. The number of hydrogen-bond acceptors (Lipinski definition) is 6. The van der Waals surface area contributed by atoms with E-state index in [0.717, 1.165) is 24.3 Å². The summed E-state index contributed by atoms with van der Waals surface area (Å²) in [5.74, 6) is -1.40. The van der Waals surface area contributed by atoms with Crippen molar-refractivity contribution in [1.82, 2.24) is 4.90 Å². The number of amides is 1. The van der Waals surface area contributed by atoms with Gasteiger partial charge in [0.25, 0.3) is 0 Å². The predicted octanol–water partition coefficient (Wildman–Crippen LogP) is 9.04. The number of allylic oxidation sites excluding steroid dienone is 4. The van der Waals surface area contributed by atoms with E-state index >= 15 is 0 Å². The SMILES string of the molecule is CCOC(=O)N(Cc1ccc(OC(F)(F)F)cc1)C[C@]1(O)CC[C@H]2[C@]34C=C[C@@]5(C=C3C(=O)c3cccc(C(F)(F)F)c3)CC(O)CC[C@]5(C)[C@H]4CC[C@@]21C. The van der Waals surface area contributed by atoms with E-state index in [1.807, 2.05) is 13.0 Å². The maximum Gasteiger partial charge on any atom is 0.573 e. The van der Waals surface area contributed by atoms with Gasteiger partial charge in [0.1, 0.15) is 5.75 Å². The number of rotatable bonds is 8. The molecule has 8 rings (SSSR count). The highest BCUT2D eigenvalue weighted by Crippen LogP contribution is 2.78. The molecule has 2 bridgehead atoms. The van der Waals surface area contributed by atoms with E-state index in [4.69, 9.17) is 4.74 Å². The molecule has 3 fully saturated rings. The average molecular weight is 762 g/mol. The molecule has 0 radical (unpaired) electrons. The van der Waals surface area contributed by atoms with Crippen LogP contribution in [-0.4, -0.2) is 58.2 Å². The van der Waals surface area contributed by atoms with Crippen molar-refractivity contribution in [3.8, 4) is 5.75 Å². The molecule has 0 aliphatic heterocycles. The summed E-state index contributed by atoms with van der Waals surface area (Å²) in [5, 5.41) is 23.7. The van der Waals surface area contributed by atoms with Crippen molar-refractivity contribution in [2.45, 2.75) is 96.5 Å². The molecule has 2 aromatic carbocycles. The van der Waals surface area contributed by atoms with Crippen LogP contribution in [0.5, 0.6) is 5.75 Å². The van der Waals surface area contributed by atoms with Crippen LogP contribution in [0, 0.1) is 33.5 Å². The first kappa shape index (κ1) is 38.4. The number of fused-ring (bicyclic) bond motifs is 1. The number of Topliss-reactive ketones (excluding diaryl/α,β-unsaturated/α-hetero) is 1. The summed E-state index contributed by atoms with van der Waals surface area (Å²) in [6, 6.07) is 9.55. The zero-order valence-corrected chi connectivity index (χ0v) is 30.4. The highest BCUT2D eigenvalue weighted by atomic mass is 19.4. The van der Waals surface area contributed by atoms with Crippen molar-refractivity contribution >= 4 is 11.9 Å². The second kappa shape index (κ2) is 12.9. The smallest absolute Gasteiger partial charge is 0.450 e. The Morgan fingerprint density at radius 3 is 2.24 bits per heavy atom. The Morgan fingerprint density at radius 1 is 0.907 bits per heavy atom. The lowest BCUT2D eigenvalue weighted by molar-refractivity contribution is -0.274. The molecule has 1 amide bonds. The molecular formula is C41H45F6NO6. The molecule has 0 saturated heterocycles. The van der Waals surface area contributed by atoms with Crippen molar-refractivity contribution in [2.24, 2.45) is 33.5 Å². The van der Waals surface area contributed by atoms with Gasteiger partial charge in [-0.15, -0.1) is 13.2 Å². The van der Waals surface area contributed by atoms with E-state index in [-0.39, 0.29) is 48.9 Å². The second-order valence-corrected chi connectivity index (χ2v) is 16.5. The summed E-state index contributed by atoms with van der Waals surface area (Å²) >= 11 is 0. The van der Waals surface area contributed by atoms with Crippen molar-refractivity contribution in [1.29, 1.82) is 0 Å². The molecule has 54 heavy (non-hydrogen) atoms. The van der Waals surface area contributed by atoms with Crippen LogP contribution in [0.4, 0.5) is 31.1 Å². The standard InChI is InChI=1S/C41H45F6NO6/c1-4-53-34(51)48(23-25-8-10-29(11-9-25)54-41(45,46)47)24-38(52)17-14-32-36(38,3)16-13-31-35(2)15-12-28(49)21-37(35)18-19-39(31,32)30(22-37)33(50)26-6-5-7-27(20-26)40(42,43)44/h5-11,18-20,22,28,31-32,49,52H,4,12-17,21,23-24H2,1-3H3/t28?,31-,32-,35-,36+,37+,38-,39-/m1/s1. The van der Waals surface area contributed by atoms with Gasteiger partial charge in [-0.1, -0.05) is 56.3 Å². The van der Waals surface area contributed by atoms with Gasteiger partial charge in [0, 0.05) is 33.9 Å². The summed E-state index contributed by atoms with van der Waals surface area (Å²) in [6.45, 7) is 5.59. The molecule has 2 spiro atoms. The van der Waals surface area contributed by atoms with Crippen molar-refractivity contribution in [2.75, 3.05) is 13.2 Å². The van der Waals surface area contributed by atoms with E-state index in [9.17, 15) is 46.1 Å². The lowest BCUT2D eigenvalue weighted by Crippen LogP contribution is -2.67. The second-order valence-electron chi connectivity index (χ2n) is 16.5. The molecule has 0 aromatic heterocycles. The van der Waals surface area contributed by atoms with Crippen LogP contribution in [0.1, 0.15) is 87.2 Å². The quantitative estimate of drug-likeness (QED) is 0.158. The number of aliphatic hydroxyl groups excluding tert-OH is 1. The van der Waals surface area contributed by atoms with Crippen LogP contribution in [-0.2, 0) is 17.5 Å². The predicted molar refractivity (Wildman–Crippen MR) is 185 cm³/mol. The van der Waals surface area contributed by atoms with Crippen LogP contribution < -0.4 is 4.74 Å². The number of ether oxygens (including phenoxy) is 2. The third-order valence-electron chi connectivity index (χ3n) is 13.9. The molecule has 13 heteroatoms. The van der Waals surface area contributed by atoms with E-state index in [1.165, 1.54) is 29.2 Å². The number of benzene rings is 2. The zero-order valence-electron chi connectivity index (χ0n) is 30.4. The number of carbonyl (C=O) groups excluding carboxylic acids is 2. The van der Waals surface area contributed by atoms with Gasteiger partial charge in [0.05, 0.1) is 30.4 Å². The van der Waals surface area contributed by atoms with E-state index in [2.05, 4.69) is 23.8 Å². The molecule has 3 saturated carbocycles. The third-order valence-corrected chi connectivity index (χ3v) is 13.9. The Kier molecular flexibility index (Phi) is 9.15. The monoisotopic (exact) mass is 761 g/mol. The Hall–Kier alpha value is -3.84. The summed E-state index contributed by atoms with van der Waals surface area (Å²) in [7, 11) is 0. The van der Waals surface area contributed by atoms with Crippen LogP contribution in [0.15, 0.2) is 72.3 Å². The van der Waals surface area contributed by atoms with Gasteiger partial charge in [0.2, 0.25) is 0 Å². The van der Waals surface area contributed by atoms with Gasteiger partial charge in [0.15, 0.2) is 5.78 Å². The first-order chi connectivity index (χ1) is 25.2. The van der Waals surface area contributed by atoms with Gasteiger partial charge in [-0.3, -0.25) is 4.79 Å². The molecule has 1 unspecified atom stereocenters. The molecular weight excluding hydrogens is 716 g/mol. The average Bonchev–Trinajstić information content (AvgIpc) is 3.37. The number of carbonyl (C=O) groups is 2. The summed E-state index contributed by atoms with van der Waals surface area (Å²) in [6.07, 6.45) is -1.31. The molecule has 7 nitrogen and oxygen atoms in total. The number of aliphatic hydroxyl groups is 2. The Morgan fingerprint density at radius 2 is 1.57 bits per heavy atom. The lowest BCUT2D eigenvalue weighted by Gasteiger charge is -2.71. The summed E-state index contributed by atoms with van der Waals surface area (Å²) in [4.78, 5) is 29.5. The van der Waals surface area contributed by atoms with Crippen molar-refractivity contribution in [3.63, 3.8) is 0 Å². The van der Waals surface area contributed by atoms with Crippen molar-refractivity contribution in [3.05, 3.63) is 89.0 Å². The maximum absolute atomic E-state index is 14.7. The van der Waals surface area contributed by atoms with Gasteiger partial charge in [-0.2, -0.15) is 13.2 Å². The normalized spacial score (nSPS) is 35.4. The fraction of sp³-hybridized carbons (Fsp3) is 0.561. The third kappa shape index (κ3) is 5.95. The van der Waals surface area contributed by atoms with Crippen LogP contribution in [0.3, 0.4) is 0 Å². The summed E-state index contributed by atoms with van der Waals surface area (Å²) < 4.78 is 89.3. The van der Waals surface area contributed by atoms with Gasteiger partial charge >= 0.3 is 18.6 Å². The van der Waals surface area contributed by atoms with Gasteiger partial charge in [-0.05, 0) is 98.9 Å². The minimum absolute atomic E-state index is 0.0441. The minimum Gasteiger partial charge on any atom is -0.450 e. The molecule has 0 heterocycles. The number of alkyl halides is 6.